The van der Waals surface area contributed by atoms with Gasteiger partial charge in [-0.1, -0.05) is 6.92 Å². The molecule has 0 saturated carbocycles. The smallest absolute Gasteiger partial charge is 0.268 e. The molecule has 2 amide bonds. The summed E-state index contributed by atoms with van der Waals surface area (Å²) in [5.41, 5.74) is 0.440. The molecule has 1 aliphatic rings. The highest BCUT2D eigenvalue weighted by Gasteiger charge is 2.35. The predicted octanol–water partition coefficient (Wildman–Crippen LogP) is 1.76. The molecule has 120 valence electrons. The molecule has 0 bridgehead atoms. The summed E-state index contributed by atoms with van der Waals surface area (Å²) in [4.78, 5) is 27.9. The minimum Gasteiger partial charge on any atom is -0.508 e. The van der Waals surface area contributed by atoms with Gasteiger partial charge >= 0.3 is 0 Å². The van der Waals surface area contributed by atoms with Crippen molar-refractivity contribution in [3.05, 3.63) is 18.2 Å². The summed E-state index contributed by atoms with van der Waals surface area (Å²) in [6, 6.07) is 4.58. The maximum absolute atomic E-state index is 12.5. The van der Waals surface area contributed by atoms with Crippen LogP contribution in [0.15, 0.2) is 18.2 Å². The van der Waals surface area contributed by atoms with Crippen LogP contribution < -0.4 is 9.64 Å². The first-order valence-electron chi connectivity index (χ1n) is 7.60. The number of rotatable bonds is 5. The fourth-order valence-corrected chi connectivity index (χ4v) is 2.55. The lowest BCUT2D eigenvalue weighted by molar-refractivity contribution is -0.133. The Hall–Kier alpha value is -2.24. The summed E-state index contributed by atoms with van der Waals surface area (Å²) in [5, 5.41) is 9.66. The molecule has 6 nitrogen and oxygen atoms in total. The SMILES string of the molecule is CCC1Oc2ccc(O)cc2N(CC(=O)N(CC)CC)C1=O. The molecule has 1 heterocycles. The van der Waals surface area contributed by atoms with Crippen LogP contribution in [-0.4, -0.2) is 47.6 Å². The first-order chi connectivity index (χ1) is 10.5. The van der Waals surface area contributed by atoms with Crippen molar-refractivity contribution in [2.24, 2.45) is 0 Å². The second-order valence-electron chi connectivity index (χ2n) is 5.16. The molecule has 0 fully saturated rings. The van der Waals surface area contributed by atoms with Crippen molar-refractivity contribution in [1.82, 2.24) is 4.90 Å². The van der Waals surface area contributed by atoms with Gasteiger partial charge in [0, 0.05) is 19.2 Å². The lowest BCUT2D eigenvalue weighted by Crippen LogP contribution is -2.50. The van der Waals surface area contributed by atoms with Gasteiger partial charge in [-0.3, -0.25) is 14.5 Å². The van der Waals surface area contributed by atoms with Crippen LogP contribution in [0.1, 0.15) is 27.2 Å². The van der Waals surface area contributed by atoms with Crippen molar-refractivity contribution in [3.8, 4) is 11.5 Å². The zero-order chi connectivity index (χ0) is 16.3. The number of hydrogen-bond donors (Lipinski definition) is 1. The third kappa shape index (κ3) is 3.00. The minimum absolute atomic E-state index is 0.0328. The summed E-state index contributed by atoms with van der Waals surface area (Å²) in [6.45, 7) is 6.81. The van der Waals surface area contributed by atoms with E-state index in [4.69, 9.17) is 4.74 Å². The summed E-state index contributed by atoms with van der Waals surface area (Å²) >= 11 is 0. The van der Waals surface area contributed by atoms with E-state index in [2.05, 4.69) is 0 Å². The van der Waals surface area contributed by atoms with Crippen molar-refractivity contribution in [3.63, 3.8) is 0 Å². The molecule has 1 unspecified atom stereocenters. The predicted molar refractivity (Wildman–Crippen MR) is 83.1 cm³/mol. The number of likely N-dealkylation sites (N-methyl/N-ethyl adjacent to an activating group) is 1. The van der Waals surface area contributed by atoms with Crippen LogP contribution in [0.4, 0.5) is 5.69 Å². The van der Waals surface area contributed by atoms with Gasteiger partial charge in [0.25, 0.3) is 5.91 Å². The topological polar surface area (TPSA) is 70.1 Å². The summed E-state index contributed by atoms with van der Waals surface area (Å²) < 4.78 is 5.65. The van der Waals surface area contributed by atoms with Crippen LogP contribution in [0.5, 0.6) is 11.5 Å². The highest BCUT2D eigenvalue weighted by molar-refractivity contribution is 6.04. The average molecular weight is 306 g/mol. The molecule has 1 aromatic carbocycles. The van der Waals surface area contributed by atoms with Crippen molar-refractivity contribution in [1.29, 1.82) is 0 Å². The quantitative estimate of drug-likeness (QED) is 0.900. The van der Waals surface area contributed by atoms with E-state index in [1.54, 1.807) is 11.0 Å². The summed E-state index contributed by atoms with van der Waals surface area (Å²) in [6.07, 6.45) is -0.0729. The Bertz CT molecular complexity index is 569. The Labute approximate surface area is 130 Å². The Morgan fingerprint density at radius 2 is 2.00 bits per heavy atom. The molecule has 6 heteroatoms. The van der Waals surface area contributed by atoms with Gasteiger partial charge in [0.15, 0.2) is 6.10 Å². The van der Waals surface area contributed by atoms with Gasteiger partial charge in [-0.25, -0.2) is 0 Å². The van der Waals surface area contributed by atoms with Gasteiger partial charge < -0.3 is 14.7 Å². The van der Waals surface area contributed by atoms with Crippen molar-refractivity contribution in [2.45, 2.75) is 33.3 Å². The Balaban J connectivity index is 2.33. The average Bonchev–Trinajstić information content (AvgIpc) is 2.51. The van der Waals surface area contributed by atoms with Crippen molar-refractivity contribution < 1.29 is 19.4 Å². The first-order valence-corrected chi connectivity index (χ1v) is 7.60. The van der Waals surface area contributed by atoms with Gasteiger partial charge in [-0.05, 0) is 32.4 Å². The molecular formula is C16H22N2O4. The van der Waals surface area contributed by atoms with Crippen molar-refractivity contribution >= 4 is 17.5 Å². The minimum atomic E-state index is -0.596. The van der Waals surface area contributed by atoms with E-state index in [9.17, 15) is 14.7 Å². The van der Waals surface area contributed by atoms with Gasteiger partial charge in [-0.15, -0.1) is 0 Å². The molecule has 0 radical (unpaired) electrons. The van der Waals surface area contributed by atoms with E-state index in [1.165, 1.54) is 17.0 Å². The normalized spacial score (nSPS) is 17.0. The molecule has 1 aliphatic heterocycles. The molecule has 2 rings (SSSR count). The lowest BCUT2D eigenvalue weighted by Gasteiger charge is -2.34. The second kappa shape index (κ2) is 6.68. The van der Waals surface area contributed by atoms with Crippen LogP contribution in [0, 0.1) is 0 Å². The number of aromatic hydroxyl groups is 1. The van der Waals surface area contributed by atoms with Crippen LogP contribution in [-0.2, 0) is 9.59 Å². The van der Waals surface area contributed by atoms with E-state index in [0.29, 0.717) is 30.9 Å². The highest BCUT2D eigenvalue weighted by Crippen LogP contribution is 2.37. The third-order valence-electron chi connectivity index (χ3n) is 3.82. The van der Waals surface area contributed by atoms with Crippen LogP contribution >= 0.6 is 0 Å². The van der Waals surface area contributed by atoms with E-state index < -0.39 is 6.10 Å². The van der Waals surface area contributed by atoms with Gasteiger partial charge in [0.05, 0.1) is 5.69 Å². The summed E-state index contributed by atoms with van der Waals surface area (Å²) in [7, 11) is 0. The maximum atomic E-state index is 12.5. The Morgan fingerprint density at radius 3 is 2.59 bits per heavy atom. The molecule has 0 saturated heterocycles. The lowest BCUT2D eigenvalue weighted by atomic mass is 10.1. The molecule has 1 aromatic rings. The standard InChI is InChI=1S/C16H22N2O4/c1-4-13-16(21)18(10-15(20)17(5-2)6-3)12-9-11(19)7-8-14(12)22-13/h7-9,13,19H,4-6,10H2,1-3H3. The fraction of sp³-hybridized carbons (Fsp3) is 0.500. The molecule has 22 heavy (non-hydrogen) atoms. The monoisotopic (exact) mass is 306 g/mol. The molecule has 1 atom stereocenters. The van der Waals surface area contributed by atoms with E-state index in [-0.39, 0.29) is 24.1 Å². The molecule has 1 N–H and O–H groups in total. The van der Waals surface area contributed by atoms with Crippen molar-refractivity contribution in [2.75, 3.05) is 24.5 Å². The second-order valence-corrected chi connectivity index (χ2v) is 5.16. The number of amides is 2. The number of nitrogens with zero attached hydrogens (tertiary/aromatic N) is 2. The zero-order valence-corrected chi connectivity index (χ0v) is 13.2. The number of ether oxygens (including phenoxy) is 1. The number of phenols is 1. The molecule has 0 aliphatic carbocycles. The van der Waals surface area contributed by atoms with Crippen LogP contribution in [0.3, 0.4) is 0 Å². The Kier molecular flexibility index (Phi) is 4.90. The molecular weight excluding hydrogens is 284 g/mol. The number of fused-ring (bicyclic) bond motifs is 1. The van der Waals surface area contributed by atoms with E-state index >= 15 is 0 Å². The number of carbonyl (C=O) groups is 2. The van der Waals surface area contributed by atoms with E-state index in [0.717, 1.165) is 0 Å². The number of phenolic OH excluding ortho intramolecular Hbond substituents is 1. The first kappa shape index (κ1) is 16.1. The molecule has 0 aromatic heterocycles. The third-order valence-corrected chi connectivity index (χ3v) is 3.82. The molecule has 0 spiro atoms. The number of anilines is 1. The van der Waals surface area contributed by atoms with Gasteiger partial charge in [0.1, 0.15) is 18.0 Å². The Morgan fingerprint density at radius 1 is 1.32 bits per heavy atom. The highest BCUT2D eigenvalue weighted by atomic mass is 16.5. The van der Waals surface area contributed by atoms with E-state index in [1.807, 2.05) is 20.8 Å². The number of benzene rings is 1. The van der Waals surface area contributed by atoms with Crippen LogP contribution in [0.2, 0.25) is 0 Å². The number of hydrogen-bond acceptors (Lipinski definition) is 4. The number of carbonyl (C=O) groups excluding carboxylic acids is 2. The largest absolute Gasteiger partial charge is 0.508 e. The van der Waals surface area contributed by atoms with Gasteiger partial charge in [0.2, 0.25) is 5.91 Å². The van der Waals surface area contributed by atoms with Crippen LogP contribution in [0.25, 0.3) is 0 Å². The fourth-order valence-electron chi connectivity index (χ4n) is 2.55. The zero-order valence-electron chi connectivity index (χ0n) is 13.2. The maximum Gasteiger partial charge on any atom is 0.268 e. The summed E-state index contributed by atoms with van der Waals surface area (Å²) in [5.74, 6) is 0.174. The van der Waals surface area contributed by atoms with Gasteiger partial charge in [-0.2, -0.15) is 0 Å².